The van der Waals surface area contributed by atoms with Crippen molar-refractivity contribution in [3.8, 4) is 5.75 Å². The topological polar surface area (TPSA) is 73.9 Å². The minimum Gasteiger partial charge on any atom is -0.497 e. The molecule has 0 bridgehead atoms. The van der Waals surface area contributed by atoms with Gasteiger partial charge in [-0.2, -0.15) is 0 Å². The fourth-order valence-corrected chi connectivity index (χ4v) is 1.72. The highest BCUT2D eigenvalue weighted by Gasteiger charge is 2.38. The average molecular weight is 385 g/mol. The minimum atomic E-state index is -2.06. The number of nitrogens with one attached hydrogen (secondary N) is 1. The molecule has 1 N–H and O–H groups in total. The van der Waals surface area contributed by atoms with Gasteiger partial charge in [-0.1, -0.05) is 41.7 Å². The third kappa shape index (κ3) is 6.72. The maximum absolute atomic E-state index is 12.1. The van der Waals surface area contributed by atoms with Crippen molar-refractivity contribution in [3.63, 3.8) is 0 Å². The van der Waals surface area contributed by atoms with E-state index < -0.39 is 22.1 Å². The van der Waals surface area contributed by atoms with Gasteiger partial charge in [-0.05, 0) is 30.7 Å². The van der Waals surface area contributed by atoms with E-state index in [1.807, 2.05) is 6.92 Å². The molecule has 0 heterocycles. The van der Waals surface area contributed by atoms with E-state index in [2.05, 4.69) is 5.32 Å². The van der Waals surface area contributed by atoms with Gasteiger partial charge in [-0.3, -0.25) is 5.32 Å². The molecule has 1 amide bonds. The molecule has 1 aromatic carbocycles. The molecule has 1 aromatic rings. The van der Waals surface area contributed by atoms with E-state index in [1.54, 1.807) is 12.1 Å². The number of alkyl carbamates (subject to hydrolysis) is 1. The zero-order valence-corrected chi connectivity index (χ0v) is 14.7. The number of halogens is 3. The molecule has 0 unspecified atom stereocenters. The van der Waals surface area contributed by atoms with Crippen LogP contribution in [0.4, 0.5) is 4.79 Å². The Bertz CT molecular complexity index is 530. The third-order valence-corrected chi connectivity index (χ3v) is 3.13. The number of methoxy groups -OCH3 is 1. The quantitative estimate of drug-likeness (QED) is 0.460. The van der Waals surface area contributed by atoms with Crippen LogP contribution < -0.4 is 10.1 Å². The monoisotopic (exact) mass is 383 g/mol. The molecular formula is C14H16Cl3NO5. The van der Waals surface area contributed by atoms with Crippen molar-refractivity contribution in [2.75, 3.05) is 13.7 Å². The Hall–Kier alpha value is -1.37. The van der Waals surface area contributed by atoms with Crippen molar-refractivity contribution < 1.29 is 23.8 Å². The lowest BCUT2D eigenvalue weighted by Gasteiger charge is -2.24. The van der Waals surface area contributed by atoms with Gasteiger partial charge in [-0.25, -0.2) is 9.59 Å². The second-order valence-corrected chi connectivity index (χ2v) is 6.70. The number of carbonyl (C=O) groups is 2. The first-order chi connectivity index (χ1) is 10.8. The van der Waals surface area contributed by atoms with Gasteiger partial charge in [0.15, 0.2) is 0 Å². The molecule has 0 fully saturated rings. The Kier molecular flexibility index (Phi) is 7.75. The molecule has 0 saturated heterocycles. The normalized spacial score (nSPS) is 12.2. The van der Waals surface area contributed by atoms with Crippen LogP contribution in [0.3, 0.4) is 0 Å². The van der Waals surface area contributed by atoms with Crippen LogP contribution in [0.25, 0.3) is 0 Å². The summed E-state index contributed by atoms with van der Waals surface area (Å²) in [5.41, 5.74) is 0.203. The van der Waals surface area contributed by atoms with Crippen molar-refractivity contribution in [1.29, 1.82) is 0 Å². The smallest absolute Gasteiger partial charge is 0.410 e. The predicted octanol–water partition coefficient (Wildman–Crippen LogP) is 3.68. The maximum Gasteiger partial charge on any atom is 0.410 e. The van der Waals surface area contributed by atoms with Gasteiger partial charge in [-0.15, -0.1) is 0 Å². The van der Waals surface area contributed by atoms with E-state index in [0.29, 0.717) is 12.2 Å². The molecule has 9 heteroatoms. The van der Waals surface area contributed by atoms with Crippen LogP contribution in [0, 0.1) is 0 Å². The number of ether oxygens (including phenoxy) is 3. The Morgan fingerprint density at radius 3 is 2.30 bits per heavy atom. The van der Waals surface area contributed by atoms with Gasteiger partial charge in [0.2, 0.25) is 10.0 Å². The first-order valence-corrected chi connectivity index (χ1v) is 7.76. The predicted molar refractivity (Wildman–Crippen MR) is 87.3 cm³/mol. The van der Waals surface area contributed by atoms with Gasteiger partial charge in [0.05, 0.1) is 19.3 Å². The second-order valence-electron chi connectivity index (χ2n) is 4.34. The summed E-state index contributed by atoms with van der Waals surface area (Å²) in [6, 6.07) is 6.10. The van der Waals surface area contributed by atoms with Crippen LogP contribution in [-0.2, 0) is 9.47 Å². The Balaban J connectivity index is 2.75. The standard InChI is InChI=1S/C14H16Cl3NO5/c1-3-8-22-13(20)18-12(14(15,16)17)23-11(19)9-4-6-10(21-2)7-5-9/h4-7,12H,3,8H2,1-2H3,(H,18,20)/t12-/m1/s1. The molecule has 1 atom stereocenters. The van der Waals surface area contributed by atoms with E-state index in [9.17, 15) is 9.59 Å². The Morgan fingerprint density at radius 1 is 1.22 bits per heavy atom. The largest absolute Gasteiger partial charge is 0.497 e. The number of esters is 1. The highest BCUT2D eigenvalue weighted by Crippen LogP contribution is 2.31. The van der Waals surface area contributed by atoms with Gasteiger partial charge >= 0.3 is 12.1 Å². The van der Waals surface area contributed by atoms with Crippen LogP contribution in [0.15, 0.2) is 24.3 Å². The summed E-state index contributed by atoms with van der Waals surface area (Å²) in [4.78, 5) is 23.6. The number of hydrogen-bond donors (Lipinski definition) is 1. The lowest BCUT2D eigenvalue weighted by molar-refractivity contribution is 0.0216. The van der Waals surface area contributed by atoms with Crippen LogP contribution >= 0.6 is 34.8 Å². The highest BCUT2D eigenvalue weighted by molar-refractivity contribution is 6.68. The molecule has 128 valence electrons. The van der Waals surface area contributed by atoms with Gasteiger partial charge in [0.25, 0.3) is 0 Å². The molecule has 0 aromatic heterocycles. The molecule has 0 spiro atoms. The average Bonchev–Trinajstić information content (AvgIpc) is 2.51. The van der Waals surface area contributed by atoms with Crippen LogP contribution in [-0.4, -0.2) is 35.8 Å². The fourth-order valence-electron chi connectivity index (χ4n) is 1.42. The number of alkyl halides is 3. The molecule has 23 heavy (non-hydrogen) atoms. The van der Waals surface area contributed by atoms with Gasteiger partial charge in [0, 0.05) is 0 Å². The van der Waals surface area contributed by atoms with Crippen molar-refractivity contribution >= 4 is 46.9 Å². The van der Waals surface area contributed by atoms with E-state index >= 15 is 0 Å². The third-order valence-electron chi connectivity index (χ3n) is 2.53. The summed E-state index contributed by atoms with van der Waals surface area (Å²) >= 11 is 17.2. The molecule has 6 nitrogen and oxygen atoms in total. The lowest BCUT2D eigenvalue weighted by Crippen LogP contribution is -2.47. The fraction of sp³-hybridized carbons (Fsp3) is 0.429. The molecule has 0 aliphatic carbocycles. The molecule has 1 rings (SSSR count). The molecule has 0 aliphatic rings. The zero-order chi connectivity index (χ0) is 17.5. The molecule has 0 saturated carbocycles. The zero-order valence-electron chi connectivity index (χ0n) is 12.5. The number of benzene rings is 1. The summed E-state index contributed by atoms with van der Waals surface area (Å²) in [7, 11) is 1.50. The summed E-state index contributed by atoms with van der Waals surface area (Å²) in [5, 5.41) is 2.19. The van der Waals surface area contributed by atoms with Crippen molar-refractivity contribution in [2.24, 2.45) is 0 Å². The molecule has 0 aliphatic heterocycles. The van der Waals surface area contributed by atoms with Crippen molar-refractivity contribution in [2.45, 2.75) is 23.4 Å². The van der Waals surface area contributed by atoms with Crippen LogP contribution in [0.2, 0.25) is 0 Å². The number of carbonyl (C=O) groups excluding carboxylic acids is 2. The summed E-state index contributed by atoms with van der Waals surface area (Å²) in [6.07, 6.45) is -1.74. The van der Waals surface area contributed by atoms with E-state index in [-0.39, 0.29) is 12.2 Å². The molecule has 0 radical (unpaired) electrons. The van der Waals surface area contributed by atoms with Crippen LogP contribution in [0.1, 0.15) is 23.7 Å². The highest BCUT2D eigenvalue weighted by atomic mass is 35.6. The first kappa shape index (κ1) is 19.7. The van der Waals surface area contributed by atoms with Crippen molar-refractivity contribution in [3.05, 3.63) is 29.8 Å². The van der Waals surface area contributed by atoms with Gasteiger partial charge < -0.3 is 14.2 Å². The maximum atomic E-state index is 12.1. The number of amides is 1. The Labute approximate surface area is 148 Å². The summed E-state index contributed by atoms with van der Waals surface area (Å²) in [5.74, 6) is -0.208. The van der Waals surface area contributed by atoms with Crippen LogP contribution in [0.5, 0.6) is 5.75 Å². The van der Waals surface area contributed by atoms with E-state index in [4.69, 9.17) is 49.0 Å². The first-order valence-electron chi connectivity index (χ1n) is 6.63. The number of hydrogen-bond acceptors (Lipinski definition) is 5. The van der Waals surface area contributed by atoms with E-state index in [0.717, 1.165) is 0 Å². The second kappa shape index (κ2) is 9.05. The Morgan fingerprint density at radius 2 is 1.83 bits per heavy atom. The van der Waals surface area contributed by atoms with Crippen molar-refractivity contribution in [1.82, 2.24) is 5.32 Å². The lowest BCUT2D eigenvalue weighted by atomic mass is 10.2. The number of rotatable bonds is 6. The molecular weight excluding hydrogens is 369 g/mol. The van der Waals surface area contributed by atoms with E-state index in [1.165, 1.54) is 19.2 Å². The van der Waals surface area contributed by atoms with Gasteiger partial charge in [0.1, 0.15) is 5.75 Å². The summed E-state index contributed by atoms with van der Waals surface area (Å²) < 4.78 is 12.8. The SMILES string of the molecule is CCCOC(=O)N[C@H](OC(=O)c1ccc(OC)cc1)C(Cl)(Cl)Cl. The minimum absolute atomic E-state index is 0.185. The summed E-state index contributed by atoms with van der Waals surface area (Å²) in [6.45, 7) is 2.01.